The van der Waals surface area contributed by atoms with Gasteiger partial charge >= 0.3 is 6.16 Å². The van der Waals surface area contributed by atoms with E-state index in [9.17, 15) is 4.79 Å². The molecule has 6 heteroatoms. The van der Waals surface area contributed by atoms with Gasteiger partial charge in [0.25, 0.3) is 0 Å². The zero-order chi connectivity index (χ0) is 19.9. The van der Waals surface area contributed by atoms with E-state index in [4.69, 9.17) is 19.7 Å². The fraction of sp³-hybridized carbons (Fsp3) is 0.600. The second-order valence-corrected chi connectivity index (χ2v) is 7.25. The summed E-state index contributed by atoms with van der Waals surface area (Å²) >= 11 is 0. The first-order valence-electron chi connectivity index (χ1n) is 8.99. The van der Waals surface area contributed by atoms with Crippen molar-refractivity contribution in [2.24, 2.45) is 11.8 Å². The summed E-state index contributed by atoms with van der Waals surface area (Å²) in [5.41, 5.74) is 3.29. The molecule has 0 radical (unpaired) electrons. The van der Waals surface area contributed by atoms with Gasteiger partial charge < -0.3 is 20.3 Å². The van der Waals surface area contributed by atoms with Gasteiger partial charge in [0.05, 0.1) is 13.5 Å². The van der Waals surface area contributed by atoms with Crippen molar-refractivity contribution in [3.63, 3.8) is 0 Å². The molecule has 0 aliphatic heterocycles. The van der Waals surface area contributed by atoms with Crippen LogP contribution >= 0.6 is 0 Å². The molecule has 1 fully saturated rings. The van der Waals surface area contributed by atoms with Crippen LogP contribution in [0.1, 0.15) is 49.8 Å². The molecule has 146 valence electrons. The van der Waals surface area contributed by atoms with Gasteiger partial charge in [0.1, 0.15) is 5.75 Å². The Hall–Kier alpha value is -2.24. The zero-order valence-electron chi connectivity index (χ0n) is 16.3. The average molecular weight is 365 g/mol. The number of methoxy groups -OCH3 is 1. The Kier molecular flexibility index (Phi) is 8.42. The van der Waals surface area contributed by atoms with E-state index < -0.39 is 6.16 Å². The van der Waals surface area contributed by atoms with E-state index in [1.807, 2.05) is 19.9 Å². The zero-order valence-corrected chi connectivity index (χ0v) is 16.3. The predicted molar refractivity (Wildman–Crippen MR) is 101 cm³/mol. The number of amides is 1. The Morgan fingerprint density at radius 2 is 1.77 bits per heavy atom. The Morgan fingerprint density at radius 1 is 1.15 bits per heavy atom. The topological polar surface area (TPSA) is 95.9 Å². The van der Waals surface area contributed by atoms with Gasteiger partial charge in [-0.2, -0.15) is 0 Å². The summed E-state index contributed by atoms with van der Waals surface area (Å²) in [6.45, 7) is 8.69. The number of carbonyl (C=O) groups is 2. The van der Waals surface area contributed by atoms with Crippen molar-refractivity contribution in [1.82, 2.24) is 5.32 Å². The molecule has 0 saturated heterocycles. The molecule has 1 aliphatic rings. The summed E-state index contributed by atoms with van der Waals surface area (Å²) in [5.74, 6) is 2.39. The van der Waals surface area contributed by atoms with Crippen LogP contribution in [0.3, 0.4) is 0 Å². The summed E-state index contributed by atoms with van der Waals surface area (Å²) in [4.78, 5) is 21.0. The van der Waals surface area contributed by atoms with Crippen molar-refractivity contribution in [3.8, 4) is 5.75 Å². The molecule has 0 bridgehead atoms. The summed E-state index contributed by atoms with van der Waals surface area (Å²) in [7, 11) is 1.67. The SMILES string of the molecule is COc1cc(C)cc(C)c1CC(=O)NC1CCC(C)C(C)C1.O=C(O)O. The third kappa shape index (κ3) is 6.94. The van der Waals surface area contributed by atoms with E-state index in [0.29, 0.717) is 18.4 Å². The van der Waals surface area contributed by atoms with Crippen molar-refractivity contribution >= 4 is 12.1 Å². The van der Waals surface area contributed by atoms with E-state index in [0.717, 1.165) is 41.2 Å². The summed E-state index contributed by atoms with van der Waals surface area (Å²) < 4.78 is 5.45. The summed E-state index contributed by atoms with van der Waals surface area (Å²) in [6, 6.07) is 4.44. The van der Waals surface area contributed by atoms with E-state index >= 15 is 0 Å². The Labute approximate surface area is 155 Å². The Balaban J connectivity index is 0.000000765. The summed E-state index contributed by atoms with van der Waals surface area (Å²) in [5, 5.41) is 17.2. The minimum absolute atomic E-state index is 0.108. The van der Waals surface area contributed by atoms with Gasteiger partial charge in [-0.05, 0) is 62.1 Å². The van der Waals surface area contributed by atoms with Gasteiger partial charge in [-0.3, -0.25) is 4.79 Å². The van der Waals surface area contributed by atoms with Gasteiger partial charge in [0.15, 0.2) is 0 Å². The van der Waals surface area contributed by atoms with Crippen molar-refractivity contribution in [3.05, 3.63) is 28.8 Å². The lowest BCUT2D eigenvalue weighted by molar-refractivity contribution is -0.121. The molecule has 3 unspecified atom stereocenters. The van der Waals surface area contributed by atoms with Crippen molar-refractivity contribution < 1.29 is 24.5 Å². The molecule has 3 atom stereocenters. The van der Waals surface area contributed by atoms with Crippen LogP contribution in [0.15, 0.2) is 12.1 Å². The van der Waals surface area contributed by atoms with Gasteiger partial charge in [0, 0.05) is 11.6 Å². The lowest BCUT2D eigenvalue weighted by Gasteiger charge is -2.32. The minimum atomic E-state index is -1.83. The quantitative estimate of drug-likeness (QED) is 0.749. The molecule has 0 spiro atoms. The molecule has 3 N–H and O–H groups in total. The molecule has 26 heavy (non-hydrogen) atoms. The van der Waals surface area contributed by atoms with Crippen LogP contribution < -0.4 is 10.1 Å². The smallest absolute Gasteiger partial charge is 0.496 e. The number of rotatable bonds is 4. The van der Waals surface area contributed by atoms with Gasteiger partial charge in [-0.25, -0.2) is 4.79 Å². The molecule has 6 nitrogen and oxygen atoms in total. The van der Waals surface area contributed by atoms with Crippen molar-refractivity contribution in [1.29, 1.82) is 0 Å². The molecule has 1 saturated carbocycles. The van der Waals surface area contributed by atoms with Crippen LogP contribution in [-0.2, 0) is 11.2 Å². The number of nitrogens with one attached hydrogen (secondary N) is 1. The van der Waals surface area contributed by atoms with Gasteiger partial charge in [-0.15, -0.1) is 0 Å². The van der Waals surface area contributed by atoms with Crippen LogP contribution in [0.5, 0.6) is 5.75 Å². The molecule has 1 aromatic carbocycles. The normalized spacial score (nSPS) is 22.0. The fourth-order valence-corrected chi connectivity index (χ4v) is 3.49. The number of aryl methyl sites for hydroxylation is 2. The van der Waals surface area contributed by atoms with Crippen molar-refractivity contribution in [2.45, 2.75) is 59.4 Å². The molecule has 2 rings (SSSR count). The van der Waals surface area contributed by atoms with Crippen LogP contribution in [-0.4, -0.2) is 35.4 Å². The van der Waals surface area contributed by atoms with E-state index in [1.165, 1.54) is 6.42 Å². The Bertz CT molecular complexity index is 625. The predicted octanol–water partition coefficient (Wildman–Crippen LogP) is 4.02. The molecular formula is C20H31NO5. The number of hydrogen-bond donors (Lipinski definition) is 3. The molecule has 0 aromatic heterocycles. The lowest BCUT2D eigenvalue weighted by Crippen LogP contribution is -2.40. The monoisotopic (exact) mass is 365 g/mol. The number of ether oxygens (including phenoxy) is 1. The number of carboxylic acid groups (broad SMARTS) is 2. The van der Waals surface area contributed by atoms with E-state index in [1.54, 1.807) is 7.11 Å². The highest BCUT2D eigenvalue weighted by atomic mass is 16.6. The minimum Gasteiger partial charge on any atom is -0.496 e. The van der Waals surface area contributed by atoms with Crippen LogP contribution in [0.25, 0.3) is 0 Å². The average Bonchev–Trinajstić information content (AvgIpc) is 2.52. The maximum Gasteiger partial charge on any atom is 0.503 e. The van der Waals surface area contributed by atoms with Crippen molar-refractivity contribution in [2.75, 3.05) is 7.11 Å². The first-order chi connectivity index (χ1) is 12.1. The third-order valence-corrected chi connectivity index (χ3v) is 5.10. The van der Waals surface area contributed by atoms with Gasteiger partial charge in [0.2, 0.25) is 5.91 Å². The maximum absolute atomic E-state index is 12.4. The van der Waals surface area contributed by atoms with E-state index in [2.05, 4.69) is 25.2 Å². The molecule has 1 aromatic rings. The molecule has 1 amide bonds. The maximum atomic E-state index is 12.4. The first kappa shape index (κ1) is 21.8. The molecule has 0 heterocycles. The second kappa shape index (κ2) is 10.0. The standard InChI is InChI=1S/C19H29NO2.CH2O3/c1-12-8-15(4)17(18(9-12)22-5)11-19(21)20-16-7-6-13(2)14(3)10-16;2-1(3)4/h8-9,13-14,16H,6-7,10-11H2,1-5H3,(H,20,21);(H2,2,3,4). The van der Waals surface area contributed by atoms with E-state index in [-0.39, 0.29) is 5.91 Å². The summed E-state index contributed by atoms with van der Waals surface area (Å²) in [6.07, 6.45) is 1.97. The number of benzene rings is 1. The number of carbonyl (C=O) groups excluding carboxylic acids is 1. The largest absolute Gasteiger partial charge is 0.503 e. The fourth-order valence-electron chi connectivity index (χ4n) is 3.49. The highest BCUT2D eigenvalue weighted by molar-refractivity contribution is 5.80. The van der Waals surface area contributed by atoms with Crippen LogP contribution in [0.2, 0.25) is 0 Å². The highest BCUT2D eigenvalue weighted by Crippen LogP contribution is 2.29. The Morgan fingerprint density at radius 3 is 2.31 bits per heavy atom. The third-order valence-electron chi connectivity index (χ3n) is 5.10. The lowest BCUT2D eigenvalue weighted by atomic mass is 9.79. The first-order valence-corrected chi connectivity index (χ1v) is 8.99. The van der Waals surface area contributed by atoms with Crippen LogP contribution in [0.4, 0.5) is 4.79 Å². The second-order valence-electron chi connectivity index (χ2n) is 7.25. The number of hydrogen-bond acceptors (Lipinski definition) is 3. The van der Waals surface area contributed by atoms with Crippen LogP contribution in [0, 0.1) is 25.7 Å². The molecule has 1 aliphatic carbocycles. The highest BCUT2D eigenvalue weighted by Gasteiger charge is 2.25. The van der Waals surface area contributed by atoms with Gasteiger partial charge in [-0.1, -0.05) is 19.9 Å². The molecular weight excluding hydrogens is 334 g/mol.